The van der Waals surface area contributed by atoms with Crippen molar-refractivity contribution in [2.24, 2.45) is 5.92 Å². The summed E-state index contributed by atoms with van der Waals surface area (Å²) in [5.41, 5.74) is 0. The van der Waals surface area contributed by atoms with Gasteiger partial charge in [-0.2, -0.15) is 0 Å². The van der Waals surface area contributed by atoms with Gasteiger partial charge in [0, 0.05) is 26.2 Å². The molecule has 3 nitrogen and oxygen atoms in total. The van der Waals surface area contributed by atoms with Crippen molar-refractivity contribution in [2.45, 2.75) is 44.9 Å². The predicted molar refractivity (Wildman–Crippen MR) is 78.0 cm³/mol. The van der Waals surface area contributed by atoms with Gasteiger partial charge in [0.2, 0.25) is 0 Å². The lowest BCUT2D eigenvalue weighted by Gasteiger charge is -2.27. The third-order valence-electron chi connectivity index (χ3n) is 4.45. The highest BCUT2D eigenvalue weighted by atomic mass is 15.2. The molecule has 1 heterocycles. The van der Waals surface area contributed by atoms with Crippen molar-refractivity contribution in [3.8, 4) is 0 Å². The van der Waals surface area contributed by atoms with Crippen LogP contribution in [-0.2, 0) is 0 Å². The standard InChI is InChI=1S/C15H31N3/c1-2-6-15(7-3-1)14-17-8-4-5-11-18-12-9-16-10-13-18/h15-17H,1-14H2. The molecule has 0 aromatic rings. The molecule has 106 valence electrons. The molecular weight excluding hydrogens is 222 g/mol. The van der Waals surface area contributed by atoms with Crippen molar-refractivity contribution in [1.82, 2.24) is 15.5 Å². The van der Waals surface area contributed by atoms with Gasteiger partial charge in [-0.3, -0.25) is 0 Å². The molecule has 0 aromatic carbocycles. The van der Waals surface area contributed by atoms with Crippen LogP contribution in [0.5, 0.6) is 0 Å². The monoisotopic (exact) mass is 253 g/mol. The maximum absolute atomic E-state index is 3.66. The molecule has 0 atom stereocenters. The minimum atomic E-state index is 0.979. The summed E-state index contributed by atoms with van der Waals surface area (Å²) in [5.74, 6) is 0.979. The molecule has 1 aliphatic heterocycles. The molecule has 18 heavy (non-hydrogen) atoms. The molecule has 3 heteroatoms. The minimum absolute atomic E-state index is 0.979. The number of rotatable bonds is 7. The summed E-state index contributed by atoms with van der Waals surface area (Å²) >= 11 is 0. The van der Waals surface area contributed by atoms with Crippen LogP contribution in [0.4, 0.5) is 0 Å². The molecule has 2 rings (SSSR count). The Labute approximate surface area is 113 Å². The smallest absolute Gasteiger partial charge is 0.0107 e. The zero-order chi connectivity index (χ0) is 12.5. The topological polar surface area (TPSA) is 27.3 Å². The first-order valence-corrected chi connectivity index (χ1v) is 8.09. The highest BCUT2D eigenvalue weighted by Gasteiger charge is 2.12. The summed E-state index contributed by atoms with van der Waals surface area (Å²) in [7, 11) is 0. The average molecular weight is 253 g/mol. The highest BCUT2D eigenvalue weighted by Crippen LogP contribution is 2.22. The fourth-order valence-electron chi connectivity index (χ4n) is 3.22. The fraction of sp³-hybridized carbons (Fsp3) is 1.00. The average Bonchev–Trinajstić information content (AvgIpc) is 2.45. The quantitative estimate of drug-likeness (QED) is 0.678. The van der Waals surface area contributed by atoms with Crippen molar-refractivity contribution in [1.29, 1.82) is 0 Å². The van der Waals surface area contributed by atoms with Crippen LogP contribution in [0, 0.1) is 5.92 Å². The lowest BCUT2D eigenvalue weighted by atomic mass is 9.89. The Kier molecular flexibility index (Phi) is 7.06. The number of unbranched alkanes of at least 4 members (excludes halogenated alkanes) is 1. The van der Waals surface area contributed by atoms with Gasteiger partial charge in [-0.1, -0.05) is 19.3 Å². The molecule has 0 unspecified atom stereocenters. The third kappa shape index (κ3) is 5.68. The third-order valence-corrected chi connectivity index (χ3v) is 4.45. The predicted octanol–water partition coefficient (Wildman–Crippen LogP) is 1.84. The lowest BCUT2D eigenvalue weighted by molar-refractivity contribution is 0.236. The normalized spacial score (nSPS) is 23.3. The minimum Gasteiger partial charge on any atom is -0.316 e. The van der Waals surface area contributed by atoms with Gasteiger partial charge < -0.3 is 15.5 Å². The second-order valence-corrected chi connectivity index (χ2v) is 6.01. The molecule has 2 aliphatic rings. The number of hydrogen-bond acceptors (Lipinski definition) is 3. The summed E-state index contributed by atoms with van der Waals surface area (Å²) < 4.78 is 0. The van der Waals surface area contributed by atoms with E-state index < -0.39 is 0 Å². The molecule has 0 spiro atoms. The maximum Gasteiger partial charge on any atom is 0.0107 e. The van der Waals surface area contributed by atoms with Crippen LogP contribution < -0.4 is 10.6 Å². The van der Waals surface area contributed by atoms with Crippen molar-refractivity contribution >= 4 is 0 Å². The number of nitrogens with zero attached hydrogens (tertiary/aromatic N) is 1. The molecule has 0 aromatic heterocycles. The van der Waals surface area contributed by atoms with Crippen molar-refractivity contribution in [3.63, 3.8) is 0 Å². The Morgan fingerprint density at radius 2 is 1.78 bits per heavy atom. The van der Waals surface area contributed by atoms with E-state index in [0.29, 0.717) is 0 Å². The summed E-state index contributed by atoms with van der Waals surface area (Å²) in [6.07, 6.45) is 10.0. The molecule has 0 radical (unpaired) electrons. The van der Waals surface area contributed by atoms with E-state index in [2.05, 4.69) is 15.5 Å². The first kappa shape index (κ1) is 14.3. The summed E-state index contributed by atoms with van der Waals surface area (Å²) in [6.45, 7) is 8.65. The van der Waals surface area contributed by atoms with E-state index in [4.69, 9.17) is 0 Å². The zero-order valence-electron chi connectivity index (χ0n) is 11.9. The summed E-state index contributed by atoms with van der Waals surface area (Å²) in [4.78, 5) is 2.59. The molecule has 1 saturated heterocycles. The molecule has 1 aliphatic carbocycles. The van der Waals surface area contributed by atoms with Crippen LogP contribution in [0.3, 0.4) is 0 Å². The summed E-state index contributed by atoms with van der Waals surface area (Å²) in [6, 6.07) is 0. The van der Waals surface area contributed by atoms with Crippen LogP contribution in [0.2, 0.25) is 0 Å². The van der Waals surface area contributed by atoms with Gasteiger partial charge in [-0.25, -0.2) is 0 Å². The largest absolute Gasteiger partial charge is 0.316 e. The van der Waals surface area contributed by atoms with Gasteiger partial charge in [0.25, 0.3) is 0 Å². The molecule has 0 amide bonds. The fourth-order valence-corrected chi connectivity index (χ4v) is 3.22. The van der Waals surface area contributed by atoms with Crippen molar-refractivity contribution < 1.29 is 0 Å². The Bertz CT molecular complexity index is 174. The second kappa shape index (κ2) is 8.89. The van der Waals surface area contributed by atoms with E-state index in [1.165, 1.54) is 90.8 Å². The molecule has 2 N–H and O–H groups in total. The van der Waals surface area contributed by atoms with Gasteiger partial charge in [-0.15, -0.1) is 0 Å². The van der Waals surface area contributed by atoms with Crippen LogP contribution in [0.25, 0.3) is 0 Å². The number of nitrogens with one attached hydrogen (secondary N) is 2. The first-order valence-electron chi connectivity index (χ1n) is 8.09. The highest BCUT2D eigenvalue weighted by molar-refractivity contribution is 4.69. The Hall–Kier alpha value is -0.120. The Morgan fingerprint density at radius 3 is 2.56 bits per heavy atom. The van der Waals surface area contributed by atoms with Crippen LogP contribution in [0.15, 0.2) is 0 Å². The van der Waals surface area contributed by atoms with Gasteiger partial charge in [-0.05, 0) is 51.2 Å². The molecule has 2 fully saturated rings. The van der Waals surface area contributed by atoms with Gasteiger partial charge in [0.1, 0.15) is 0 Å². The molecule has 0 bridgehead atoms. The van der Waals surface area contributed by atoms with E-state index in [1.807, 2.05) is 0 Å². The van der Waals surface area contributed by atoms with Gasteiger partial charge in [0.15, 0.2) is 0 Å². The second-order valence-electron chi connectivity index (χ2n) is 6.01. The lowest BCUT2D eigenvalue weighted by Crippen LogP contribution is -2.43. The zero-order valence-corrected chi connectivity index (χ0v) is 11.9. The summed E-state index contributed by atoms with van der Waals surface area (Å²) in [5, 5.41) is 7.07. The van der Waals surface area contributed by atoms with E-state index in [-0.39, 0.29) is 0 Å². The molecule has 1 saturated carbocycles. The molecular formula is C15H31N3. The van der Waals surface area contributed by atoms with Crippen LogP contribution >= 0.6 is 0 Å². The Morgan fingerprint density at radius 1 is 1.00 bits per heavy atom. The Balaban J connectivity index is 1.39. The number of piperazine rings is 1. The first-order chi connectivity index (χ1) is 8.95. The van der Waals surface area contributed by atoms with E-state index in [0.717, 1.165) is 5.92 Å². The van der Waals surface area contributed by atoms with Gasteiger partial charge >= 0.3 is 0 Å². The maximum atomic E-state index is 3.66. The van der Waals surface area contributed by atoms with E-state index in [9.17, 15) is 0 Å². The SMILES string of the molecule is C1CCC(CNCCCCN2CCNCC2)CC1. The van der Waals surface area contributed by atoms with Crippen molar-refractivity contribution in [2.75, 3.05) is 45.8 Å². The van der Waals surface area contributed by atoms with Gasteiger partial charge in [0.05, 0.1) is 0 Å². The number of hydrogen-bond donors (Lipinski definition) is 2. The van der Waals surface area contributed by atoms with E-state index in [1.54, 1.807) is 0 Å². The van der Waals surface area contributed by atoms with E-state index >= 15 is 0 Å². The van der Waals surface area contributed by atoms with Crippen molar-refractivity contribution in [3.05, 3.63) is 0 Å². The van der Waals surface area contributed by atoms with Crippen LogP contribution in [0.1, 0.15) is 44.9 Å². The van der Waals surface area contributed by atoms with Crippen LogP contribution in [-0.4, -0.2) is 50.7 Å².